The van der Waals surface area contributed by atoms with Crippen molar-refractivity contribution in [3.8, 4) is 0 Å². The van der Waals surface area contributed by atoms with E-state index in [4.69, 9.17) is 0 Å². The molecule has 1 amide bonds. The Kier molecular flexibility index (Phi) is 5.68. The van der Waals surface area contributed by atoms with Crippen LogP contribution in [0.5, 0.6) is 0 Å². The fourth-order valence-electron chi connectivity index (χ4n) is 3.17. The second kappa shape index (κ2) is 8.14. The number of piperidine rings is 1. The lowest BCUT2D eigenvalue weighted by Crippen LogP contribution is -2.49. The number of rotatable bonds is 5. The SMILES string of the molecule is Cc1cccc(NC(O)NC2CCN(C(=O)c3ccccc3)CC2)c1. The van der Waals surface area contributed by atoms with E-state index in [-0.39, 0.29) is 11.9 Å². The van der Waals surface area contributed by atoms with Crippen LogP contribution in [0.15, 0.2) is 54.6 Å². The van der Waals surface area contributed by atoms with Gasteiger partial charge in [0.15, 0.2) is 6.35 Å². The molecule has 0 aromatic heterocycles. The third-order valence-corrected chi connectivity index (χ3v) is 4.52. The Balaban J connectivity index is 1.47. The van der Waals surface area contributed by atoms with E-state index in [0.29, 0.717) is 13.1 Å². The van der Waals surface area contributed by atoms with Crippen LogP contribution in [-0.4, -0.2) is 41.4 Å². The first-order valence-electron chi connectivity index (χ1n) is 8.73. The van der Waals surface area contributed by atoms with Crippen LogP contribution in [0.25, 0.3) is 0 Å². The fourth-order valence-corrected chi connectivity index (χ4v) is 3.17. The molecule has 1 aliphatic heterocycles. The van der Waals surface area contributed by atoms with Gasteiger partial charge in [-0.2, -0.15) is 0 Å². The number of nitrogens with zero attached hydrogens (tertiary/aromatic N) is 1. The zero-order valence-corrected chi connectivity index (χ0v) is 14.5. The highest BCUT2D eigenvalue weighted by atomic mass is 16.3. The van der Waals surface area contributed by atoms with E-state index in [1.807, 2.05) is 66.4 Å². The number of aliphatic hydroxyl groups is 1. The molecule has 5 heteroatoms. The smallest absolute Gasteiger partial charge is 0.253 e. The van der Waals surface area contributed by atoms with Gasteiger partial charge in [-0.15, -0.1) is 0 Å². The van der Waals surface area contributed by atoms with Crippen LogP contribution in [0.2, 0.25) is 0 Å². The summed E-state index contributed by atoms with van der Waals surface area (Å²) in [4.78, 5) is 14.3. The Morgan fingerprint density at radius 3 is 2.52 bits per heavy atom. The molecule has 3 rings (SSSR count). The van der Waals surface area contributed by atoms with Crippen molar-refractivity contribution in [1.29, 1.82) is 0 Å². The molecule has 1 heterocycles. The molecular formula is C20H25N3O2. The van der Waals surface area contributed by atoms with Crippen LogP contribution in [0.4, 0.5) is 5.69 Å². The van der Waals surface area contributed by atoms with E-state index < -0.39 is 6.35 Å². The van der Waals surface area contributed by atoms with Crippen molar-refractivity contribution in [3.05, 3.63) is 65.7 Å². The minimum Gasteiger partial charge on any atom is -0.361 e. The number of carbonyl (C=O) groups is 1. The van der Waals surface area contributed by atoms with Crippen LogP contribution in [0.3, 0.4) is 0 Å². The zero-order valence-electron chi connectivity index (χ0n) is 14.5. The maximum atomic E-state index is 12.4. The number of hydrogen-bond acceptors (Lipinski definition) is 4. The molecule has 1 fully saturated rings. The number of carbonyl (C=O) groups excluding carboxylic acids is 1. The second-order valence-electron chi connectivity index (χ2n) is 6.52. The molecule has 3 N–H and O–H groups in total. The molecule has 0 spiro atoms. The maximum absolute atomic E-state index is 12.4. The average Bonchev–Trinajstić information content (AvgIpc) is 2.62. The molecule has 2 aromatic rings. The van der Waals surface area contributed by atoms with Gasteiger partial charge in [-0.05, 0) is 49.6 Å². The molecule has 1 atom stereocenters. The third-order valence-electron chi connectivity index (χ3n) is 4.52. The van der Waals surface area contributed by atoms with Gasteiger partial charge in [-0.1, -0.05) is 30.3 Å². The summed E-state index contributed by atoms with van der Waals surface area (Å²) in [5.41, 5.74) is 2.76. The molecule has 1 unspecified atom stereocenters. The van der Waals surface area contributed by atoms with E-state index >= 15 is 0 Å². The first-order valence-corrected chi connectivity index (χ1v) is 8.73. The monoisotopic (exact) mass is 339 g/mol. The highest BCUT2D eigenvalue weighted by molar-refractivity contribution is 5.94. The molecule has 0 bridgehead atoms. The zero-order chi connectivity index (χ0) is 17.6. The van der Waals surface area contributed by atoms with E-state index in [1.165, 1.54) is 0 Å². The summed E-state index contributed by atoms with van der Waals surface area (Å²) < 4.78 is 0. The van der Waals surface area contributed by atoms with Crippen molar-refractivity contribution < 1.29 is 9.90 Å². The van der Waals surface area contributed by atoms with Gasteiger partial charge in [-0.25, -0.2) is 0 Å². The Morgan fingerprint density at radius 1 is 1.12 bits per heavy atom. The lowest BCUT2D eigenvalue weighted by molar-refractivity contribution is 0.0673. The number of amides is 1. The van der Waals surface area contributed by atoms with Gasteiger partial charge in [-0.3, -0.25) is 10.1 Å². The highest BCUT2D eigenvalue weighted by Crippen LogP contribution is 2.15. The molecule has 2 aromatic carbocycles. The summed E-state index contributed by atoms with van der Waals surface area (Å²) in [6.45, 7) is 3.41. The van der Waals surface area contributed by atoms with Gasteiger partial charge < -0.3 is 15.3 Å². The van der Waals surface area contributed by atoms with Crippen molar-refractivity contribution >= 4 is 11.6 Å². The van der Waals surface area contributed by atoms with Gasteiger partial charge in [0.25, 0.3) is 5.91 Å². The lowest BCUT2D eigenvalue weighted by atomic mass is 10.0. The Bertz CT molecular complexity index is 697. The maximum Gasteiger partial charge on any atom is 0.253 e. The fraction of sp³-hybridized carbons (Fsp3) is 0.350. The number of likely N-dealkylation sites (tertiary alicyclic amines) is 1. The predicted molar refractivity (Wildman–Crippen MR) is 99.3 cm³/mol. The van der Waals surface area contributed by atoms with Crippen molar-refractivity contribution in [2.24, 2.45) is 0 Å². The largest absolute Gasteiger partial charge is 0.361 e. The number of aryl methyl sites for hydroxylation is 1. The molecule has 0 aliphatic carbocycles. The van der Waals surface area contributed by atoms with Crippen LogP contribution in [-0.2, 0) is 0 Å². The highest BCUT2D eigenvalue weighted by Gasteiger charge is 2.24. The summed E-state index contributed by atoms with van der Waals surface area (Å²) in [5, 5.41) is 16.4. The molecular weight excluding hydrogens is 314 g/mol. The molecule has 25 heavy (non-hydrogen) atoms. The van der Waals surface area contributed by atoms with Gasteiger partial charge in [0, 0.05) is 30.4 Å². The van der Waals surface area contributed by atoms with Crippen LogP contribution < -0.4 is 10.6 Å². The summed E-state index contributed by atoms with van der Waals surface area (Å²) in [6.07, 6.45) is 0.846. The minimum atomic E-state index is -0.803. The first-order chi connectivity index (χ1) is 12.1. The standard InChI is InChI=1S/C20H25N3O2/c1-15-6-5-9-18(14-15)22-20(25)21-17-10-12-23(13-11-17)19(24)16-7-3-2-4-8-16/h2-9,14,17,20-22,25H,10-13H2,1H3. The minimum absolute atomic E-state index is 0.0810. The molecule has 132 valence electrons. The number of hydrogen-bond donors (Lipinski definition) is 3. The Labute approximate surface area is 148 Å². The number of aliphatic hydroxyl groups excluding tert-OH is 1. The van der Waals surface area contributed by atoms with Crippen LogP contribution >= 0.6 is 0 Å². The van der Waals surface area contributed by atoms with Gasteiger partial charge >= 0.3 is 0 Å². The normalized spacial score (nSPS) is 16.5. The third kappa shape index (κ3) is 4.81. The van der Waals surface area contributed by atoms with E-state index in [2.05, 4.69) is 10.6 Å². The number of benzene rings is 2. The van der Waals surface area contributed by atoms with E-state index in [0.717, 1.165) is 29.7 Å². The lowest BCUT2D eigenvalue weighted by Gasteiger charge is -2.33. The average molecular weight is 339 g/mol. The molecule has 5 nitrogen and oxygen atoms in total. The van der Waals surface area contributed by atoms with Crippen LogP contribution in [0, 0.1) is 6.92 Å². The summed E-state index contributed by atoms with van der Waals surface area (Å²) in [5.74, 6) is 0.0810. The number of nitrogens with one attached hydrogen (secondary N) is 2. The Hall–Kier alpha value is -2.37. The molecule has 0 saturated carbocycles. The van der Waals surface area contributed by atoms with Crippen LogP contribution in [0.1, 0.15) is 28.8 Å². The van der Waals surface area contributed by atoms with Gasteiger partial charge in [0.2, 0.25) is 0 Å². The predicted octanol–water partition coefficient (Wildman–Crippen LogP) is 2.58. The van der Waals surface area contributed by atoms with E-state index in [1.54, 1.807) is 0 Å². The topological polar surface area (TPSA) is 64.6 Å². The molecule has 0 radical (unpaired) electrons. The van der Waals surface area contributed by atoms with Gasteiger partial charge in [0.05, 0.1) is 0 Å². The first kappa shape index (κ1) is 17.5. The second-order valence-corrected chi connectivity index (χ2v) is 6.52. The van der Waals surface area contributed by atoms with Crippen molar-refractivity contribution in [2.45, 2.75) is 32.2 Å². The van der Waals surface area contributed by atoms with Crippen molar-refractivity contribution in [2.75, 3.05) is 18.4 Å². The molecule has 1 saturated heterocycles. The number of anilines is 1. The summed E-state index contributed by atoms with van der Waals surface area (Å²) in [7, 11) is 0. The Morgan fingerprint density at radius 2 is 1.84 bits per heavy atom. The quantitative estimate of drug-likeness (QED) is 0.733. The van der Waals surface area contributed by atoms with Crippen molar-refractivity contribution in [3.63, 3.8) is 0 Å². The van der Waals surface area contributed by atoms with Crippen molar-refractivity contribution in [1.82, 2.24) is 10.2 Å². The summed E-state index contributed by atoms with van der Waals surface area (Å²) >= 11 is 0. The molecule has 1 aliphatic rings. The summed E-state index contributed by atoms with van der Waals surface area (Å²) in [6, 6.07) is 17.5. The van der Waals surface area contributed by atoms with E-state index in [9.17, 15) is 9.90 Å². The van der Waals surface area contributed by atoms with Gasteiger partial charge in [0.1, 0.15) is 0 Å².